The highest BCUT2D eigenvalue weighted by atomic mass is 79.9. The molecule has 0 spiro atoms. The van der Waals surface area contributed by atoms with Crippen molar-refractivity contribution in [2.75, 3.05) is 10.0 Å². The Kier molecular flexibility index (Phi) is 5.46. The summed E-state index contributed by atoms with van der Waals surface area (Å²) in [5.74, 6) is 0.248. The largest absolute Gasteiger partial charge is 0.378 e. The Morgan fingerprint density at radius 2 is 1.85 bits per heavy atom. The molecule has 1 aliphatic heterocycles. The predicted octanol–water partition coefficient (Wildman–Crippen LogP) is 5.98. The zero-order chi connectivity index (χ0) is 23.2. The molecule has 0 radical (unpaired) electrons. The fraction of sp³-hybridized carbons (Fsp3) is 0.167. The van der Waals surface area contributed by atoms with E-state index >= 15 is 0 Å². The summed E-state index contributed by atoms with van der Waals surface area (Å²) in [4.78, 5) is 10.8. The summed E-state index contributed by atoms with van der Waals surface area (Å²) in [6, 6.07) is 18.7. The van der Waals surface area contributed by atoms with E-state index in [1.54, 1.807) is 48.5 Å². The van der Waals surface area contributed by atoms with Crippen LogP contribution in [0.3, 0.4) is 0 Å². The summed E-state index contributed by atoms with van der Waals surface area (Å²) >= 11 is 3.36. The third-order valence-electron chi connectivity index (χ3n) is 6.18. The van der Waals surface area contributed by atoms with Gasteiger partial charge < -0.3 is 5.32 Å². The van der Waals surface area contributed by atoms with E-state index in [1.165, 1.54) is 12.1 Å². The molecule has 1 aliphatic carbocycles. The smallest absolute Gasteiger partial charge is 0.269 e. The van der Waals surface area contributed by atoms with Gasteiger partial charge in [0.25, 0.3) is 15.7 Å². The molecule has 9 heteroatoms. The van der Waals surface area contributed by atoms with Gasteiger partial charge in [-0.05, 0) is 59.9 Å². The van der Waals surface area contributed by atoms with Gasteiger partial charge in [-0.2, -0.15) is 0 Å². The van der Waals surface area contributed by atoms with Crippen LogP contribution < -0.4 is 10.0 Å². The number of benzene rings is 3. The van der Waals surface area contributed by atoms with Crippen LogP contribution in [-0.2, 0) is 10.0 Å². The normalized spacial score (nSPS) is 21.1. The number of rotatable bonds is 5. The molecule has 0 saturated heterocycles. The lowest BCUT2D eigenvalue weighted by Crippen LogP contribution is -2.29. The molecular weight excluding hydrogens is 506 g/mol. The summed E-state index contributed by atoms with van der Waals surface area (Å²) in [5.41, 5.74) is 3.32. The van der Waals surface area contributed by atoms with Gasteiger partial charge in [0.05, 0.1) is 15.9 Å². The van der Waals surface area contributed by atoms with Gasteiger partial charge in [-0.25, -0.2) is 8.42 Å². The van der Waals surface area contributed by atoms with Gasteiger partial charge >= 0.3 is 0 Å². The Morgan fingerprint density at radius 1 is 1.06 bits per heavy atom. The topological polar surface area (TPSA) is 101 Å². The second-order valence-corrected chi connectivity index (χ2v) is 10.8. The molecule has 3 aromatic rings. The Balaban J connectivity index is 1.47. The average molecular weight is 526 g/mol. The fourth-order valence-corrected chi connectivity index (χ4v) is 6.12. The number of nitrogens with zero attached hydrogens (tertiary/aromatic N) is 1. The van der Waals surface area contributed by atoms with E-state index in [0.29, 0.717) is 5.69 Å². The van der Waals surface area contributed by atoms with Crippen LogP contribution in [0.1, 0.15) is 29.5 Å². The van der Waals surface area contributed by atoms with E-state index in [9.17, 15) is 18.5 Å². The number of hydrogen-bond donors (Lipinski definition) is 2. The molecule has 33 heavy (non-hydrogen) atoms. The quantitative estimate of drug-likeness (QED) is 0.242. The van der Waals surface area contributed by atoms with Crippen LogP contribution in [0.25, 0.3) is 0 Å². The van der Waals surface area contributed by atoms with E-state index in [4.69, 9.17) is 0 Å². The molecule has 3 aromatic carbocycles. The highest BCUT2D eigenvalue weighted by Crippen LogP contribution is 2.50. The lowest BCUT2D eigenvalue weighted by Gasteiger charge is -2.37. The molecule has 5 rings (SSSR count). The molecule has 0 unspecified atom stereocenters. The summed E-state index contributed by atoms with van der Waals surface area (Å²) in [6.45, 7) is 0. The van der Waals surface area contributed by atoms with Crippen molar-refractivity contribution in [3.05, 3.63) is 105 Å². The van der Waals surface area contributed by atoms with Crippen molar-refractivity contribution in [3.63, 3.8) is 0 Å². The van der Waals surface area contributed by atoms with Gasteiger partial charge in [-0.1, -0.05) is 46.3 Å². The van der Waals surface area contributed by atoms with Crippen LogP contribution in [0, 0.1) is 16.0 Å². The summed E-state index contributed by atoms with van der Waals surface area (Å²) in [7, 11) is -3.76. The van der Waals surface area contributed by atoms with Crippen molar-refractivity contribution in [2.24, 2.45) is 5.92 Å². The minimum Gasteiger partial charge on any atom is -0.378 e. The van der Waals surface area contributed by atoms with Crippen LogP contribution in [0.4, 0.5) is 17.1 Å². The minimum atomic E-state index is -3.76. The van der Waals surface area contributed by atoms with Crippen molar-refractivity contribution in [1.29, 1.82) is 0 Å². The first-order valence-electron chi connectivity index (χ1n) is 10.4. The van der Waals surface area contributed by atoms with Gasteiger partial charge in [0.1, 0.15) is 0 Å². The third-order valence-corrected chi connectivity index (χ3v) is 8.06. The molecule has 168 valence electrons. The zero-order valence-electron chi connectivity index (χ0n) is 17.3. The molecule has 0 saturated carbocycles. The number of anilines is 2. The highest BCUT2D eigenvalue weighted by Gasteiger charge is 2.38. The highest BCUT2D eigenvalue weighted by molar-refractivity contribution is 9.10. The molecule has 0 aromatic heterocycles. The van der Waals surface area contributed by atoms with Gasteiger partial charge in [-0.15, -0.1) is 0 Å². The molecule has 2 N–H and O–H groups in total. The summed E-state index contributed by atoms with van der Waals surface area (Å²) < 4.78 is 29.5. The van der Waals surface area contributed by atoms with E-state index < -0.39 is 14.9 Å². The number of halogens is 1. The van der Waals surface area contributed by atoms with Gasteiger partial charge in [0.2, 0.25) is 0 Å². The van der Waals surface area contributed by atoms with E-state index in [2.05, 4.69) is 38.1 Å². The molecule has 0 amide bonds. The van der Waals surface area contributed by atoms with Crippen molar-refractivity contribution in [1.82, 2.24) is 0 Å². The number of nitrogens with one attached hydrogen (secondary N) is 2. The van der Waals surface area contributed by atoms with Crippen molar-refractivity contribution in [2.45, 2.75) is 23.3 Å². The molecule has 3 atom stereocenters. The number of hydrogen-bond acceptors (Lipinski definition) is 5. The Bertz CT molecular complexity index is 1370. The fourth-order valence-electron chi connectivity index (χ4n) is 4.64. The molecule has 0 bridgehead atoms. The predicted molar refractivity (Wildman–Crippen MR) is 131 cm³/mol. The number of nitro groups is 1. The first kappa shape index (κ1) is 21.7. The third kappa shape index (κ3) is 4.14. The number of allylic oxidation sites excluding steroid dienone is 2. The first-order valence-corrected chi connectivity index (χ1v) is 12.7. The number of fused-ring (bicyclic) bond motifs is 3. The van der Waals surface area contributed by atoms with Crippen molar-refractivity contribution in [3.8, 4) is 0 Å². The molecule has 7 nitrogen and oxygen atoms in total. The van der Waals surface area contributed by atoms with E-state index in [0.717, 1.165) is 27.7 Å². The summed E-state index contributed by atoms with van der Waals surface area (Å²) in [6.07, 6.45) is 5.08. The Morgan fingerprint density at radius 3 is 2.58 bits per heavy atom. The monoisotopic (exact) mass is 525 g/mol. The number of nitro benzene ring substituents is 1. The SMILES string of the molecule is O=[N+]([O-])c1ccc([C@H]2Nc3ccc(S(=O)(=O)Nc4cccc(Br)c4)cc3[C@H]3C=CC[C@H]32)cc1. The standard InChI is InChI=1S/C24H20BrN3O4S/c25-16-3-1-4-17(13-16)27-33(31,32)19-11-12-23-22(14-19)20-5-2-6-21(20)24(26-23)15-7-9-18(10-8-15)28(29)30/h1-5,7-14,20-21,24,26-27H,6H2/t20-,21+,24+/m0/s1. The number of sulfonamides is 1. The zero-order valence-corrected chi connectivity index (χ0v) is 19.7. The molecular formula is C24H20BrN3O4S. The second kappa shape index (κ2) is 8.31. The summed E-state index contributed by atoms with van der Waals surface area (Å²) in [5, 5.41) is 14.5. The first-order chi connectivity index (χ1) is 15.8. The van der Waals surface area contributed by atoms with Crippen LogP contribution in [0.2, 0.25) is 0 Å². The van der Waals surface area contributed by atoms with Crippen LogP contribution >= 0.6 is 15.9 Å². The molecule has 0 fully saturated rings. The van der Waals surface area contributed by atoms with Crippen molar-refractivity contribution < 1.29 is 13.3 Å². The van der Waals surface area contributed by atoms with Gasteiger partial charge in [0.15, 0.2) is 0 Å². The second-order valence-electron chi connectivity index (χ2n) is 8.19. The Hall–Kier alpha value is -3.17. The van der Waals surface area contributed by atoms with Crippen LogP contribution in [0.15, 0.2) is 88.3 Å². The van der Waals surface area contributed by atoms with Crippen LogP contribution in [-0.4, -0.2) is 13.3 Å². The maximum absolute atomic E-state index is 13.0. The maximum atomic E-state index is 13.0. The maximum Gasteiger partial charge on any atom is 0.269 e. The van der Waals surface area contributed by atoms with Crippen molar-refractivity contribution >= 4 is 43.0 Å². The Labute approximate surface area is 199 Å². The number of non-ortho nitro benzene ring substituents is 1. The minimum absolute atomic E-state index is 0.0273. The van der Waals surface area contributed by atoms with E-state index in [-0.39, 0.29) is 28.5 Å². The molecule has 2 aliphatic rings. The van der Waals surface area contributed by atoms with Gasteiger partial charge in [-0.3, -0.25) is 14.8 Å². The lowest BCUT2D eigenvalue weighted by atomic mass is 9.77. The van der Waals surface area contributed by atoms with E-state index in [1.807, 2.05) is 6.07 Å². The van der Waals surface area contributed by atoms with Crippen LogP contribution in [0.5, 0.6) is 0 Å². The molecule has 1 heterocycles. The lowest BCUT2D eigenvalue weighted by molar-refractivity contribution is -0.384. The average Bonchev–Trinajstić information content (AvgIpc) is 3.28. The van der Waals surface area contributed by atoms with Gasteiger partial charge in [0, 0.05) is 33.9 Å².